The van der Waals surface area contributed by atoms with Crippen molar-refractivity contribution in [2.75, 3.05) is 19.6 Å². The van der Waals surface area contributed by atoms with Crippen molar-refractivity contribution >= 4 is 12.1 Å². The summed E-state index contributed by atoms with van der Waals surface area (Å²) in [6.45, 7) is 3.04. The molecule has 1 amide bonds. The Labute approximate surface area is 124 Å². The van der Waals surface area contributed by atoms with Gasteiger partial charge in [0, 0.05) is 31.4 Å². The number of hydrogen-bond acceptors (Lipinski definition) is 3. The minimum Gasteiger partial charge on any atom is -0.319 e. The van der Waals surface area contributed by atoms with Crippen molar-refractivity contribution in [2.45, 2.75) is 31.0 Å². The molecule has 5 aliphatic heterocycles. The summed E-state index contributed by atoms with van der Waals surface area (Å²) in [5.41, 5.74) is 1.68. The van der Waals surface area contributed by atoms with E-state index in [9.17, 15) is 4.79 Å². The first-order valence-corrected chi connectivity index (χ1v) is 7.99. The minimum atomic E-state index is -0.266. The second-order valence-electron chi connectivity index (χ2n) is 6.79. The van der Waals surface area contributed by atoms with Gasteiger partial charge in [-0.05, 0) is 42.9 Å². The third kappa shape index (κ3) is 1.59. The summed E-state index contributed by atoms with van der Waals surface area (Å²) < 4.78 is 0. The molecular weight excluding hydrogens is 262 g/mol. The van der Waals surface area contributed by atoms with Crippen molar-refractivity contribution < 1.29 is 4.79 Å². The third-order valence-electron chi connectivity index (χ3n) is 5.70. The Morgan fingerprint density at radius 2 is 2.10 bits per heavy atom. The molecule has 0 aromatic heterocycles. The fraction of sp³-hybridized carbons (Fsp3) is 0.529. The molecule has 5 heterocycles. The molecule has 0 aromatic rings. The van der Waals surface area contributed by atoms with Crippen LogP contribution in [0.15, 0.2) is 40.4 Å². The van der Waals surface area contributed by atoms with Crippen LogP contribution in [-0.4, -0.2) is 53.3 Å². The molecule has 0 saturated carbocycles. The number of allylic oxidation sites excluding steroid dienone is 2. The van der Waals surface area contributed by atoms with Crippen LogP contribution in [0.1, 0.15) is 19.3 Å². The van der Waals surface area contributed by atoms with E-state index in [1.807, 2.05) is 18.4 Å². The summed E-state index contributed by atoms with van der Waals surface area (Å²) in [5.74, 6) is 1.01. The first kappa shape index (κ1) is 11.9. The minimum absolute atomic E-state index is 0.198. The van der Waals surface area contributed by atoms with Gasteiger partial charge in [0.05, 0.1) is 6.17 Å². The van der Waals surface area contributed by atoms with Crippen LogP contribution in [0.3, 0.4) is 0 Å². The van der Waals surface area contributed by atoms with E-state index in [0.29, 0.717) is 6.17 Å². The quantitative estimate of drug-likeness (QED) is 0.730. The molecule has 2 bridgehead atoms. The van der Waals surface area contributed by atoms with Gasteiger partial charge in [-0.25, -0.2) is 0 Å². The van der Waals surface area contributed by atoms with Gasteiger partial charge in [-0.1, -0.05) is 12.2 Å². The van der Waals surface area contributed by atoms with E-state index in [1.165, 1.54) is 12.8 Å². The molecule has 0 radical (unpaired) electrons. The average molecular weight is 281 g/mol. The Morgan fingerprint density at radius 3 is 2.76 bits per heavy atom. The normalized spacial score (nSPS) is 43.0. The van der Waals surface area contributed by atoms with Gasteiger partial charge in [0.15, 0.2) is 0 Å². The van der Waals surface area contributed by atoms with Gasteiger partial charge in [0.1, 0.15) is 5.54 Å². The van der Waals surface area contributed by atoms with Crippen molar-refractivity contribution in [3.8, 4) is 0 Å². The zero-order valence-electron chi connectivity index (χ0n) is 12.0. The van der Waals surface area contributed by atoms with E-state index in [0.717, 1.165) is 43.1 Å². The topological polar surface area (TPSA) is 35.9 Å². The lowest BCUT2D eigenvalue weighted by Gasteiger charge is -2.50. The SMILES string of the molecule is O=C1C2=CC=CC3(C=N3)C2=CCN1C1CC2CCN1CC2. The van der Waals surface area contributed by atoms with Crippen molar-refractivity contribution in [1.82, 2.24) is 9.80 Å². The molecule has 4 heteroatoms. The maximum Gasteiger partial charge on any atom is 0.255 e. The highest BCUT2D eigenvalue weighted by Gasteiger charge is 2.47. The number of nitrogens with zero attached hydrogens (tertiary/aromatic N) is 3. The lowest BCUT2D eigenvalue weighted by atomic mass is 9.82. The molecule has 3 saturated heterocycles. The second-order valence-corrected chi connectivity index (χ2v) is 6.79. The number of piperidine rings is 3. The Morgan fingerprint density at radius 1 is 1.29 bits per heavy atom. The Bertz CT molecular complexity index is 628. The van der Waals surface area contributed by atoms with Gasteiger partial charge in [0.25, 0.3) is 5.91 Å². The fourth-order valence-electron chi connectivity index (χ4n) is 4.38. The summed E-state index contributed by atoms with van der Waals surface area (Å²) in [6.07, 6.45) is 14.3. The van der Waals surface area contributed by atoms with E-state index >= 15 is 0 Å². The molecule has 3 fully saturated rings. The zero-order chi connectivity index (χ0) is 14.0. The molecule has 6 aliphatic rings. The van der Waals surface area contributed by atoms with Crippen molar-refractivity contribution in [2.24, 2.45) is 10.9 Å². The van der Waals surface area contributed by atoms with Gasteiger partial charge < -0.3 is 4.90 Å². The first-order chi connectivity index (χ1) is 10.3. The van der Waals surface area contributed by atoms with Crippen LogP contribution in [-0.2, 0) is 4.79 Å². The highest BCUT2D eigenvalue weighted by molar-refractivity contribution is 6.07. The lowest BCUT2D eigenvalue weighted by Crippen LogP contribution is -2.59. The maximum atomic E-state index is 13.0. The van der Waals surface area contributed by atoms with Crippen LogP contribution in [0.2, 0.25) is 0 Å². The summed E-state index contributed by atoms with van der Waals surface area (Å²) in [7, 11) is 0. The first-order valence-electron chi connectivity index (χ1n) is 7.99. The Balaban J connectivity index is 1.47. The molecular formula is C17H19N3O. The zero-order valence-corrected chi connectivity index (χ0v) is 12.0. The standard InChI is InChI=1S/C17H19N3O/c21-16-13-2-1-6-17(11-18-17)14(13)5-9-20(16)15-10-12-3-7-19(15)8-4-12/h1-2,5-6,11-12,15H,3-4,7-10H2. The maximum absolute atomic E-state index is 13.0. The predicted molar refractivity (Wildman–Crippen MR) is 80.9 cm³/mol. The van der Waals surface area contributed by atoms with Crippen molar-refractivity contribution in [3.63, 3.8) is 0 Å². The largest absolute Gasteiger partial charge is 0.319 e. The van der Waals surface area contributed by atoms with Crippen LogP contribution >= 0.6 is 0 Å². The number of carbonyl (C=O) groups is 1. The molecule has 2 atom stereocenters. The number of amides is 1. The molecule has 1 aliphatic carbocycles. The van der Waals surface area contributed by atoms with E-state index in [4.69, 9.17) is 0 Å². The molecule has 0 N–H and O–H groups in total. The van der Waals surface area contributed by atoms with E-state index in [1.54, 1.807) is 0 Å². The number of rotatable bonds is 1. The molecule has 6 rings (SSSR count). The lowest BCUT2D eigenvalue weighted by molar-refractivity contribution is -0.138. The number of fused-ring (bicyclic) bond motifs is 5. The summed E-state index contributed by atoms with van der Waals surface area (Å²) in [5, 5.41) is 0. The number of aliphatic imine (C=N–C) groups is 1. The molecule has 1 spiro atoms. The van der Waals surface area contributed by atoms with Crippen molar-refractivity contribution in [3.05, 3.63) is 35.5 Å². The van der Waals surface area contributed by atoms with Crippen LogP contribution in [0.4, 0.5) is 0 Å². The summed E-state index contributed by atoms with van der Waals surface area (Å²) >= 11 is 0. The Kier molecular flexibility index (Phi) is 2.24. The van der Waals surface area contributed by atoms with Crippen molar-refractivity contribution in [1.29, 1.82) is 0 Å². The van der Waals surface area contributed by atoms with E-state index in [-0.39, 0.29) is 11.4 Å². The monoisotopic (exact) mass is 281 g/mol. The second kappa shape index (κ2) is 3.95. The fourth-order valence-corrected chi connectivity index (χ4v) is 4.38. The van der Waals surface area contributed by atoms with E-state index in [2.05, 4.69) is 26.9 Å². The van der Waals surface area contributed by atoms with Gasteiger partial charge in [-0.3, -0.25) is 14.7 Å². The molecule has 0 aromatic carbocycles. The van der Waals surface area contributed by atoms with Crippen LogP contribution in [0.5, 0.6) is 0 Å². The van der Waals surface area contributed by atoms with Gasteiger partial charge in [0.2, 0.25) is 0 Å². The summed E-state index contributed by atoms with van der Waals surface area (Å²) in [6, 6.07) is 0. The molecule has 108 valence electrons. The highest BCUT2D eigenvalue weighted by Crippen LogP contribution is 2.42. The molecule has 2 unspecified atom stereocenters. The Hall–Kier alpha value is -1.68. The van der Waals surface area contributed by atoms with Crippen LogP contribution < -0.4 is 0 Å². The van der Waals surface area contributed by atoms with E-state index < -0.39 is 0 Å². The predicted octanol–water partition coefficient (Wildman–Crippen LogP) is 1.52. The third-order valence-corrected chi connectivity index (χ3v) is 5.70. The smallest absolute Gasteiger partial charge is 0.255 e. The average Bonchev–Trinajstić information content (AvgIpc) is 3.30. The molecule has 4 nitrogen and oxygen atoms in total. The number of hydrogen-bond donors (Lipinski definition) is 0. The highest BCUT2D eigenvalue weighted by atomic mass is 16.2. The van der Waals surface area contributed by atoms with Gasteiger partial charge in [-0.15, -0.1) is 0 Å². The number of carbonyl (C=O) groups excluding carboxylic acids is 1. The molecule has 21 heavy (non-hydrogen) atoms. The van der Waals surface area contributed by atoms with Gasteiger partial charge in [-0.2, -0.15) is 0 Å². The van der Waals surface area contributed by atoms with Crippen LogP contribution in [0, 0.1) is 5.92 Å². The van der Waals surface area contributed by atoms with Crippen LogP contribution in [0.25, 0.3) is 0 Å². The van der Waals surface area contributed by atoms with Gasteiger partial charge >= 0.3 is 0 Å². The summed E-state index contributed by atoms with van der Waals surface area (Å²) in [4.78, 5) is 21.9.